The number of nitrogens with zero attached hydrogens (tertiary/aromatic N) is 1. The van der Waals surface area contributed by atoms with Gasteiger partial charge in [-0.05, 0) is 35.7 Å². The Morgan fingerprint density at radius 3 is 2.76 bits per heavy atom. The molecule has 1 unspecified atom stereocenters. The third-order valence-corrected chi connectivity index (χ3v) is 5.83. The first kappa shape index (κ1) is 18.1. The molecule has 1 atom stereocenters. The maximum atomic E-state index is 12.7. The van der Waals surface area contributed by atoms with E-state index in [1.807, 2.05) is 33.9 Å². The highest BCUT2D eigenvalue weighted by molar-refractivity contribution is 7.12. The summed E-state index contributed by atoms with van der Waals surface area (Å²) in [5.41, 5.74) is 0. The van der Waals surface area contributed by atoms with Crippen LogP contribution in [0.25, 0.3) is 0 Å². The standard InChI is InChI=1S/C18H22N2O3S2/c21-17(7-8-19-18(22)16-6-3-11-25-16)20(12-14-4-1-9-23-14)13-15-5-2-10-24-15/h2-3,5-6,10-11,14H,1,4,7-9,12-13H2,(H,19,22). The van der Waals surface area contributed by atoms with Crippen molar-refractivity contribution in [1.29, 1.82) is 0 Å². The Kier molecular flexibility index (Phi) is 6.61. The lowest BCUT2D eigenvalue weighted by Crippen LogP contribution is -2.38. The van der Waals surface area contributed by atoms with Gasteiger partial charge in [-0.15, -0.1) is 22.7 Å². The van der Waals surface area contributed by atoms with Crippen LogP contribution in [0.2, 0.25) is 0 Å². The summed E-state index contributed by atoms with van der Waals surface area (Å²) in [6.07, 6.45) is 2.49. The molecule has 0 aliphatic carbocycles. The lowest BCUT2D eigenvalue weighted by atomic mass is 10.2. The zero-order chi connectivity index (χ0) is 17.5. The minimum atomic E-state index is -0.119. The SMILES string of the molecule is O=C(NCCC(=O)N(Cc1cccs1)CC1CCCO1)c1cccs1. The Balaban J connectivity index is 1.51. The number of amides is 2. The molecule has 1 N–H and O–H groups in total. The maximum Gasteiger partial charge on any atom is 0.261 e. The fraction of sp³-hybridized carbons (Fsp3) is 0.444. The summed E-state index contributed by atoms with van der Waals surface area (Å²) < 4.78 is 5.69. The van der Waals surface area contributed by atoms with Crippen LogP contribution in [0.1, 0.15) is 33.8 Å². The van der Waals surface area contributed by atoms with Gasteiger partial charge in [0.15, 0.2) is 0 Å². The third kappa shape index (κ3) is 5.39. The fourth-order valence-corrected chi connectivity index (χ4v) is 4.17. The van der Waals surface area contributed by atoms with E-state index >= 15 is 0 Å². The number of thiophene rings is 2. The molecule has 0 aromatic carbocycles. The van der Waals surface area contributed by atoms with E-state index in [1.165, 1.54) is 11.3 Å². The van der Waals surface area contributed by atoms with Gasteiger partial charge in [-0.3, -0.25) is 9.59 Å². The molecule has 7 heteroatoms. The lowest BCUT2D eigenvalue weighted by Gasteiger charge is -2.25. The van der Waals surface area contributed by atoms with Crippen molar-refractivity contribution in [2.24, 2.45) is 0 Å². The average molecular weight is 379 g/mol. The zero-order valence-electron chi connectivity index (χ0n) is 14.0. The monoisotopic (exact) mass is 378 g/mol. The van der Waals surface area contributed by atoms with Crippen molar-refractivity contribution < 1.29 is 14.3 Å². The number of ether oxygens (including phenoxy) is 1. The van der Waals surface area contributed by atoms with E-state index in [1.54, 1.807) is 17.4 Å². The number of hydrogen-bond donors (Lipinski definition) is 1. The predicted octanol–water partition coefficient (Wildman–Crippen LogP) is 3.14. The summed E-state index contributed by atoms with van der Waals surface area (Å²) in [5, 5.41) is 6.70. The molecule has 2 amide bonds. The van der Waals surface area contributed by atoms with Crippen LogP contribution in [0.4, 0.5) is 0 Å². The van der Waals surface area contributed by atoms with E-state index in [0.29, 0.717) is 30.9 Å². The Morgan fingerprint density at radius 2 is 2.08 bits per heavy atom. The number of rotatable bonds is 8. The molecule has 2 aromatic heterocycles. The molecule has 5 nitrogen and oxygen atoms in total. The molecule has 0 saturated carbocycles. The highest BCUT2D eigenvalue weighted by Gasteiger charge is 2.23. The van der Waals surface area contributed by atoms with Crippen LogP contribution in [-0.2, 0) is 16.1 Å². The van der Waals surface area contributed by atoms with Gasteiger partial charge in [0, 0.05) is 31.0 Å². The van der Waals surface area contributed by atoms with Gasteiger partial charge in [0.25, 0.3) is 5.91 Å². The molecule has 3 heterocycles. The predicted molar refractivity (Wildman–Crippen MR) is 100.0 cm³/mol. The molecule has 0 spiro atoms. The summed E-state index contributed by atoms with van der Waals surface area (Å²) in [6, 6.07) is 7.66. The quantitative estimate of drug-likeness (QED) is 0.768. The van der Waals surface area contributed by atoms with E-state index in [4.69, 9.17) is 4.74 Å². The highest BCUT2D eigenvalue weighted by atomic mass is 32.1. The minimum absolute atomic E-state index is 0.0513. The smallest absolute Gasteiger partial charge is 0.261 e. The number of carbonyl (C=O) groups is 2. The first-order chi connectivity index (χ1) is 12.2. The molecule has 1 saturated heterocycles. The Hall–Kier alpha value is -1.70. The summed E-state index contributed by atoms with van der Waals surface area (Å²) >= 11 is 3.05. The molecule has 0 bridgehead atoms. The summed E-state index contributed by atoms with van der Waals surface area (Å²) in [6.45, 7) is 2.36. The number of nitrogens with one attached hydrogen (secondary N) is 1. The van der Waals surface area contributed by atoms with Gasteiger partial charge >= 0.3 is 0 Å². The van der Waals surface area contributed by atoms with Crippen molar-refractivity contribution in [3.8, 4) is 0 Å². The number of carbonyl (C=O) groups excluding carboxylic acids is 2. The van der Waals surface area contributed by atoms with E-state index in [0.717, 1.165) is 24.3 Å². The second-order valence-corrected chi connectivity index (χ2v) is 7.95. The Bertz CT molecular complexity index is 665. The van der Waals surface area contributed by atoms with Gasteiger partial charge in [-0.2, -0.15) is 0 Å². The normalized spacial score (nSPS) is 16.7. The van der Waals surface area contributed by atoms with Crippen LogP contribution in [0.3, 0.4) is 0 Å². The van der Waals surface area contributed by atoms with Crippen LogP contribution in [0.5, 0.6) is 0 Å². The molecule has 1 aliphatic heterocycles. The van der Waals surface area contributed by atoms with Crippen LogP contribution >= 0.6 is 22.7 Å². The van der Waals surface area contributed by atoms with Gasteiger partial charge in [0.1, 0.15) is 0 Å². The average Bonchev–Trinajstić information content (AvgIpc) is 3.37. The van der Waals surface area contributed by atoms with Crippen molar-refractivity contribution >= 4 is 34.5 Å². The molecule has 25 heavy (non-hydrogen) atoms. The van der Waals surface area contributed by atoms with Crippen molar-refractivity contribution in [3.05, 3.63) is 44.8 Å². The molecule has 0 radical (unpaired) electrons. The summed E-state index contributed by atoms with van der Waals surface area (Å²) in [4.78, 5) is 28.3. The van der Waals surface area contributed by atoms with Gasteiger partial charge in [0.05, 0.1) is 17.5 Å². The molecular weight excluding hydrogens is 356 g/mol. The Morgan fingerprint density at radius 1 is 1.24 bits per heavy atom. The fourth-order valence-electron chi connectivity index (χ4n) is 2.82. The second-order valence-electron chi connectivity index (χ2n) is 5.97. The van der Waals surface area contributed by atoms with Gasteiger partial charge in [-0.1, -0.05) is 12.1 Å². The minimum Gasteiger partial charge on any atom is -0.376 e. The van der Waals surface area contributed by atoms with E-state index in [9.17, 15) is 9.59 Å². The molecular formula is C18H22N2O3S2. The number of hydrogen-bond acceptors (Lipinski definition) is 5. The summed E-state index contributed by atoms with van der Waals surface area (Å²) in [5.74, 6) is -0.0675. The van der Waals surface area contributed by atoms with Crippen molar-refractivity contribution in [1.82, 2.24) is 10.2 Å². The third-order valence-electron chi connectivity index (χ3n) is 4.10. The van der Waals surface area contributed by atoms with Crippen LogP contribution in [0, 0.1) is 0 Å². The second kappa shape index (κ2) is 9.12. The molecule has 1 aliphatic rings. The molecule has 2 aromatic rings. The maximum absolute atomic E-state index is 12.7. The van der Waals surface area contributed by atoms with E-state index < -0.39 is 0 Å². The molecule has 1 fully saturated rings. The first-order valence-corrected chi connectivity index (χ1v) is 10.2. The van der Waals surface area contributed by atoms with Gasteiger partial charge in [0.2, 0.25) is 5.91 Å². The van der Waals surface area contributed by atoms with E-state index in [2.05, 4.69) is 5.32 Å². The first-order valence-electron chi connectivity index (χ1n) is 8.46. The largest absolute Gasteiger partial charge is 0.376 e. The van der Waals surface area contributed by atoms with Crippen molar-refractivity contribution in [2.45, 2.75) is 31.9 Å². The van der Waals surface area contributed by atoms with E-state index in [-0.39, 0.29) is 17.9 Å². The summed E-state index contributed by atoms with van der Waals surface area (Å²) in [7, 11) is 0. The van der Waals surface area contributed by atoms with Gasteiger partial charge < -0.3 is 15.0 Å². The highest BCUT2D eigenvalue weighted by Crippen LogP contribution is 2.18. The van der Waals surface area contributed by atoms with Gasteiger partial charge in [-0.25, -0.2) is 0 Å². The molecule has 134 valence electrons. The topological polar surface area (TPSA) is 58.6 Å². The van der Waals surface area contributed by atoms with Crippen molar-refractivity contribution in [2.75, 3.05) is 19.7 Å². The van der Waals surface area contributed by atoms with Crippen LogP contribution in [-0.4, -0.2) is 42.5 Å². The molecule has 3 rings (SSSR count). The van der Waals surface area contributed by atoms with Crippen LogP contribution < -0.4 is 5.32 Å². The Labute approximate surface area is 155 Å². The lowest BCUT2D eigenvalue weighted by molar-refractivity contribution is -0.133. The van der Waals surface area contributed by atoms with Crippen LogP contribution in [0.15, 0.2) is 35.0 Å². The van der Waals surface area contributed by atoms with Crippen molar-refractivity contribution in [3.63, 3.8) is 0 Å². The zero-order valence-corrected chi connectivity index (χ0v) is 15.6.